The van der Waals surface area contributed by atoms with Crippen molar-refractivity contribution in [3.05, 3.63) is 29.8 Å². The molecule has 1 aliphatic rings. The molecule has 34 heavy (non-hydrogen) atoms. The lowest BCUT2D eigenvalue weighted by molar-refractivity contribution is -0.0371. The molecule has 1 fully saturated rings. The van der Waals surface area contributed by atoms with Gasteiger partial charge in [-0.25, -0.2) is 14.8 Å². The maximum atomic E-state index is 12.4. The summed E-state index contributed by atoms with van der Waals surface area (Å²) < 4.78 is 11.2. The highest BCUT2D eigenvalue weighted by molar-refractivity contribution is 5.97. The van der Waals surface area contributed by atoms with Crippen LogP contribution in [0.4, 0.5) is 22.1 Å². The molecule has 3 heterocycles. The number of anilines is 3. The summed E-state index contributed by atoms with van der Waals surface area (Å²) in [6.45, 7) is 6.90. The van der Waals surface area contributed by atoms with Gasteiger partial charge >= 0.3 is 6.09 Å². The van der Waals surface area contributed by atoms with Crippen molar-refractivity contribution in [3.8, 4) is 6.07 Å². The minimum Gasteiger partial charge on any atom is -0.444 e. The van der Waals surface area contributed by atoms with E-state index in [4.69, 9.17) is 14.7 Å². The normalized spacial score (nSPS) is 15.7. The lowest BCUT2D eigenvalue weighted by Crippen LogP contribution is -2.49. The molecule has 0 bridgehead atoms. The van der Waals surface area contributed by atoms with E-state index in [0.29, 0.717) is 43.6 Å². The van der Waals surface area contributed by atoms with E-state index in [1.165, 1.54) is 19.4 Å². The number of ether oxygens (including phenoxy) is 2. The van der Waals surface area contributed by atoms with Gasteiger partial charge in [0.05, 0.1) is 37.3 Å². The molecular weight excluding hydrogens is 442 g/mol. The number of rotatable bonds is 6. The molecule has 180 valence electrons. The number of carbonyl (C=O) groups is 2. The van der Waals surface area contributed by atoms with Crippen molar-refractivity contribution in [3.63, 3.8) is 0 Å². The van der Waals surface area contributed by atoms with E-state index in [2.05, 4.69) is 36.1 Å². The van der Waals surface area contributed by atoms with E-state index in [1.54, 1.807) is 11.0 Å². The van der Waals surface area contributed by atoms with Crippen LogP contribution in [-0.2, 0) is 9.47 Å². The summed E-state index contributed by atoms with van der Waals surface area (Å²) in [4.78, 5) is 34.3. The predicted octanol–water partition coefficient (Wildman–Crippen LogP) is 1.29. The van der Waals surface area contributed by atoms with Gasteiger partial charge in [0.1, 0.15) is 17.5 Å². The van der Waals surface area contributed by atoms with E-state index in [1.807, 2.05) is 26.8 Å². The van der Waals surface area contributed by atoms with Gasteiger partial charge < -0.3 is 30.3 Å². The third-order valence-corrected chi connectivity index (χ3v) is 4.57. The van der Waals surface area contributed by atoms with Gasteiger partial charge in [-0.05, 0) is 20.8 Å². The first-order valence-corrected chi connectivity index (χ1v) is 10.6. The monoisotopic (exact) mass is 469 g/mol. The summed E-state index contributed by atoms with van der Waals surface area (Å²) in [6, 6.07) is 3.50. The molecule has 2 aromatic rings. The summed E-state index contributed by atoms with van der Waals surface area (Å²) in [5.74, 6) is 0.254. The fraction of sp³-hybridized carbons (Fsp3) is 0.476. The highest BCUT2D eigenvalue weighted by atomic mass is 16.6. The molecule has 1 saturated heterocycles. The van der Waals surface area contributed by atoms with Crippen molar-refractivity contribution in [2.75, 3.05) is 43.9 Å². The second-order valence-corrected chi connectivity index (χ2v) is 8.39. The molecule has 0 spiro atoms. The fourth-order valence-electron chi connectivity index (χ4n) is 3.01. The Morgan fingerprint density at radius 1 is 1.26 bits per heavy atom. The van der Waals surface area contributed by atoms with Crippen LogP contribution < -0.4 is 16.0 Å². The molecule has 0 aromatic carbocycles. The number of carbonyl (C=O) groups excluding carboxylic acids is 2. The Kier molecular flexibility index (Phi) is 7.75. The van der Waals surface area contributed by atoms with Crippen LogP contribution in [0.3, 0.4) is 0 Å². The molecule has 2 amide bonds. The average molecular weight is 470 g/mol. The van der Waals surface area contributed by atoms with E-state index in [0.717, 1.165) is 0 Å². The average Bonchev–Trinajstić information content (AvgIpc) is 2.82. The quantitative estimate of drug-likeness (QED) is 0.557. The largest absolute Gasteiger partial charge is 0.444 e. The van der Waals surface area contributed by atoms with Crippen LogP contribution in [0.2, 0.25) is 0 Å². The van der Waals surface area contributed by atoms with Crippen molar-refractivity contribution in [2.24, 2.45) is 0 Å². The van der Waals surface area contributed by atoms with Crippen LogP contribution in [0, 0.1) is 11.3 Å². The minimum absolute atomic E-state index is 0.0961. The van der Waals surface area contributed by atoms with E-state index in [9.17, 15) is 9.59 Å². The summed E-state index contributed by atoms with van der Waals surface area (Å²) in [5, 5.41) is 25.5. The summed E-state index contributed by atoms with van der Waals surface area (Å²) in [7, 11) is 1.50. The Balaban J connectivity index is 1.70. The smallest absolute Gasteiger partial charge is 0.410 e. The predicted molar refractivity (Wildman–Crippen MR) is 121 cm³/mol. The fourth-order valence-corrected chi connectivity index (χ4v) is 3.01. The van der Waals surface area contributed by atoms with E-state index in [-0.39, 0.29) is 17.5 Å². The third-order valence-electron chi connectivity index (χ3n) is 4.57. The maximum Gasteiger partial charge on any atom is 0.410 e. The van der Waals surface area contributed by atoms with Crippen LogP contribution in [0.15, 0.2) is 18.5 Å². The zero-order valence-electron chi connectivity index (χ0n) is 19.5. The topological polar surface area (TPSA) is 167 Å². The molecule has 3 rings (SSSR count). The Morgan fingerprint density at radius 3 is 2.71 bits per heavy atom. The number of amides is 2. The SMILES string of the molecule is CNC(=O)c1nnc(Nc2cnc(C#N)cn2)cc1NCC1CN(C(=O)OC(C)(C)C)CCO1. The Hall–Kier alpha value is -4.05. The van der Waals surface area contributed by atoms with E-state index < -0.39 is 17.6 Å². The number of hydrogen-bond donors (Lipinski definition) is 3. The number of nitriles is 1. The molecule has 0 aliphatic carbocycles. The molecule has 2 aromatic heterocycles. The molecule has 3 N–H and O–H groups in total. The highest BCUT2D eigenvalue weighted by Gasteiger charge is 2.28. The molecule has 0 radical (unpaired) electrons. The third kappa shape index (κ3) is 6.72. The van der Waals surface area contributed by atoms with Gasteiger partial charge in [-0.2, -0.15) is 5.26 Å². The lowest BCUT2D eigenvalue weighted by atomic mass is 10.2. The molecule has 1 unspecified atom stereocenters. The Bertz CT molecular complexity index is 1060. The molecule has 0 saturated carbocycles. The summed E-state index contributed by atoms with van der Waals surface area (Å²) >= 11 is 0. The summed E-state index contributed by atoms with van der Waals surface area (Å²) in [6.07, 6.45) is 1.99. The van der Waals surface area contributed by atoms with Crippen LogP contribution in [0.1, 0.15) is 37.0 Å². The van der Waals surface area contributed by atoms with Gasteiger partial charge in [-0.15, -0.1) is 10.2 Å². The molecule has 13 nitrogen and oxygen atoms in total. The first-order chi connectivity index (χ1) is 16.2. The molecule has 1 atom stereocenters. The first kappa shape index (κ1) is 24.6. The van der Waals surface area contributed by atoms with Crippen LogP contribution in [0.5, 0.6) is 0 Å². The van der Waals surface area contributed by atoms with Crippen LogP contribution >= 0.6 is 0 Å². The van der Waals surface area contributed by atoms with Gasteiger partial charge in [0, 0.05) is 26.2 Å². The number of hydrogen-bond acceptors (Lipinski definition) is 11. The Labute approximate surface area is 196 Å². The van der Waals surface area contributed by atoms with Gasteiger partial charge in [-0.3, -0.25) is 4.79 Å². The van der Waals surface area contributed by atoms with Crippen LogP contribution in [-0.4, -0.2) is 82.1 Å². The van der Waals surface area contributed by atoms with Gasteiger partial charge in [-0.1, -0.05) is 0 Å². The number of nitrogens with zero attached hydrogens (tertiary/aromatic N) is 6. The highest BCUT2D eigenvalue weighted by Crippen LogP contribution is 2.20. The second-order valence-electron chi connectivity index (χ2n) is 8.39. The number of nitrogens with one attached hydrogen (secondary N) is 3. The maximum absolute atomic E-state index is 12.4. The molecular formula is C21H27N9O4. The number of aromatic nitrogens is 4. The second kappa shape index (κ2) is 10.7. The van der Waals surface area contributed by atoms with Gasteiger partial charge in [0.25, 0.3) is 5.91 Å². The van der Waals surface area contributed by atoms with Gasteiger partial charge in [0.2, 0.25) is 0 Å². The molecule has 1 aliphatic heterocycles. The number of morpholine rings is 1. The van der Waals surface area contributed by atoms with Gasteiger partial charge in [0.15, 0.2) is 17.2 Å². The summed E-state index contributed by atoms with van der Waals surface area (Å²) in [5.41, 5.74) is 0.105. The van der Waals surface area contributed by atoms with Crippen LogP contribution in [0.25, 0.3) is 0 Å². The standard InChI is InChI=1S/C21H27N9O4/c1-21(2,3)34-20(32)30-5-6-33-14(12-30)10-25-15-7-16(28-29-18(15)19(31)23-4)27-17-11-24-13(8-22)9-26-17/h7,9,11,14H,5-6,10,12H2,1-4H3,(H,23,31)(H2,25,26,27,28). The van der Waals surface area contributed by atoms with Crippen molar-refractivity contribution >= 4 is 29.3 Å². The molecule has 13 heteroatoms. The zero-order valence-corrected chi connectivity index (χ0v) is 19.5. The first-order valence-electron chi connectivity index (χ1n) is 10.6. The zero-order chi connectivity index (χ0) is 24.7. The van der Waals surface area contributed by atoms with Crippen molar-refractivity contribution in [2.45, 2.75) is 32.5 Å². The van der Waals surface area contributed by atoms with Crippen molar-refractivity contribution in [1.29, 1.82) is 5.26 Å². The lowest BCUT2D eigenvalue weighted by Gasteiger charge is -2.34. The minimum atomic E-state index is -0.586. The van der Waals surface area contributed by atoms with E-state index >= 15 is 0 Å². The Morgan fingerprint density at radius 2 is 2.06 bits per heavy atom. The van der Waals surface area contributed by atoms with Crippen molar-refractivity contribution < 1.29 is 19.1 Å². The van der Waals surface area contributed by atoms with Crippen molar-refractivity contribution in [1.82, 2.24) is 30.4 Å².